The predicted molar refractivity (Wildman–Crippen MR) is 83.2 cm³/mol. The summed E-state index contributed by atoms with van der Waals surface area (Å²) < 4.78 is 1.02. The van der Waals surface area contributed by atoms with Crippen LogP contribution in [0.2, 0.25) is 0 Å². The van der Waals surface area contributed by atoms with Crippen LogP contribution in [0.1, 0.15) is 29.8 Å². The van der Waals surface area contributed by atoms with Gasteiger partial charge in [-0.3, -0.25) is 4.98 Å². The van der Waals surface area contributed by atoms with E-state index in [-0.39, 0.29) is 0 Å². The topological polar surface area (TPSA) is 24.9 Å². The number of nitrogens with one attached hydrogen (secondary N) is 1. The zero-order chi connectivity index (χ0) is 13.7. The second kappa shape index (κ2) is 6.83. The lowest BCUT2D eigenvalue weighted by Gasteiger charge is -2.18. The van der Waals surface area contributed by atoms with Crippen molar-refractivity contribution in [3.05, 3.63) is 63.9 Å². The monoisotopic (exact) mass is 318 g/mol. The number of hydrogen-bond donors (Lipinski definition) is 1. The average Bonchev–Trinajstić information content (AvgIpc) is 2.42. The van der Waals surface area contributed by atoms with E-state index in [1.54, 1.807) is 0 Å². The lowest BCUT2D eigenvalue weighted by Crippen LogP contribution is -2.23. The number of rotatable bonds is 5. The maximum absolute atomic E-state index is 4.46. The molecular formula is C16H19BrN2. The van der Waals surface area contributed by atoms with Gasteiger partial charge in [0.15, 0.2) is 0 Å². The lowest BCUT2D eigenvalue weighted by molar-refractivity contribution is 0.544. The molecule has 0 bridgehead atoms. The Labute approximate surface area is 123 Å². The number of halogens is 1. The van der Waals surface area contributed by atoms with Gasteiger partial charge in [0.05, 0.1) is 0 Å². The van der Waals surface area contributed by atoms with Gasteiger partial charge in [-0.05, 0) is 47.1 Å². The molecule has 1 heterocycles. The molecule has 100 valence electrons. The molecule has 0 aliphatic carbocycles. The highest BCUT2D eigenvalue weighted by molar-refractivity contribution is 9.10. The van der Waals surface area contributed by atoms with E-state index >= 15 is 0 Å². The Kier molecular flexibility index (Phi) is 5.11. The van der Waals surface area contributed by atoms with Gasteiger partial charge in [0.2, 0.25) is 0 Å². The van der Waals surface area contributed by atoms with Crippen molar-refractivity contribution in [1.82, 2.24) is 10.3 Å². The van der Waals surface area contributed by atoms with Crippen molar-refractivity contribution < 1.29 is 0 Å². The van der Waals surface area contributed by atoms with Gasteiger partial charge >= 0.3 is 0 Å². The summed E-state index contributed by atoms with van der Waals surface area (Å²) >= 11 is 3.42. The van der Waals surface area contributed by atoms with Crippen molar-refractivity contribution in [1.29, 1.82) is 0 Å². The lowest BCUT2D eigenvalue weighted by atomic mass is 10.0. The number of pyridine rings is 1. The highest BCUT2D eigenvalue weighted by atomic mass is 79.9. The van der Waals surface area contributed by atoms with Crippen LogP contribution < -0.4 is 5.32 Å². The minimum absolute atomic E-state index is 0.319. The van der Waals surface area contributed by atoms with Crippen molar-refractivity contribution in [3.63, 3.8) is 0 Å². The minimum Gasteiger partial charge on any atom is -0.310 e. The summed E-state index contributed by atoms with van der Waals surface area (Å²) in [5, 5.41) is 3.53. The van der Waals surface area contributed by atoms with E-state index in [1.165, 1.54) is 11.1 Å². The van der Waals surface area contributed by atoms with Gasteiger partial charge in [-0.1, -0.05) is 36.8 Å². The molecule has 0 fully saturated rings. The molecule has 0 saturated heterocycles. The fourth-order valence-electron chi connectivity index (χ4n) is 2.09. The Morgan fingerprint density at radius 2 is 1.89 bits per heavy atom. The summed E-state index contributed by atoms with van der Waals surface area (Å²) in [6.07, 6.45) is 2.76. The Morgan fingerprint density at radius 3 is 2.47 bits per heavy atom. The summed E-state index contributed by atoms with van der Waals surface area (Å²) in [6, 6.07) is 13.1. The molecule has 1 aromatic carbocycles. The molecule has 1 atom stereocenters. The van der Waals surface area contributed by atoms with Gasteiger partial charge in [0.1, 0.15) is 0 Å². The average molecular weight is 319 g/mol. The third kappa shape index (κ3) is 4.15. The fraction of sp³-hybridized carbons (Fsp3) is 0.312. The van der Waals surface area contributed by atoms with Crippen molar-refractivity contribution in [2.75, 3.05) is 6.54 Å². The van der Waals surface area contributed by atoms with E-state index in [1.807, 2.05) is 12.3 Å². The quantitative estimate of drug-likeness (QED) is 0.899. The molecule has 3 heteroatoms. The van der Waals surface area contributed by atoms with E-state index < -0.39 is 0 Å². The zero-order valence-electron chi connectivity index (χ0n) is 11.4. The number of aryl methyl sites for hydroxylation is 1. The van der Waals surface area contributed by atoms with Crippen LogP contribution in [0, 0.1) is 6.92 Å². The molecule has 2 rings (SSSR count). The maximum atomic E-state index is 4.46. The molecule has 2 nitrogen and oxygen atoms in total. The highest BCUT2D eigenvalue weighted by Gasteiger charge is 2.11. The van der Waals surface area contributed by atoms with Crippen molar-refractivity contribution in [3.8, 4) is 0 Å². The predicted octanol–water partition coefficient (Wildman–Crippen LogP) is 4.05. The molecule has 0 saturated carbocycles. The van der Waals surface area contributed by atoms with Crippen LogP contribution in [-0.2, 0) is 6.42 Å². The van der Waals surface area contributed by atoms with E-state index in [0.717, 1.165) is 23.1 Å². The number of nitrogens with zero attached hydrogens (tertiary/aromatic N) is 1. The maximum Gasteiger partial charge on any atom is 0.0423 e. The minimum atomic E-state index is 0.319. The molecule has 0 amide bonds. The number of aromatic nitrogens is 1. The molecule has 0 radical (unpaired) electrons. The largest absolute Gasteiger partial charge is 0.310 e. The molecule has 19 heavy (non-hydrogen) atoms. The zero-order valence-corrected chi connectivity index (χ0v) is 12.9. The van der Waals surface area contributed by atoms with Crippen LogP contribution in [0.25, 0.3) is 0 Å². The van der Waals surface area contributed by atoms with Crippen LogP contribution in [0.4, 0.5) is 0 Å². The first-order chi connectivity index (χ1) is 9.19. The Bertz CT molecular complexity index is 505. The number of hydrogen-bond acceptors (Lipinski definition) is 2. The van der Waals surface area contributed by atoms with Crippen LogP contribution in [0.5, 0.6) is 0 Å². The third-order valence-corrected chi connectivity index (χ3v) is 3.60. The normalized spacial score (nSPS) is 12.4. The SMILES string of the molecule is CCNC(Cc1ccc(Br)cn1)c1ccc(C)cc1. The molecule has 1 N–H and O–H groups in total. The molecular weight excluding hydrogens is 300 g/mol. The number of benzene rings is 1. The molecule has 0 spiro atoms. The molecule has 0 aliphatic rings. The van der Waals surface area contributed by atoms with Gasteiger partial charge in [-0.15, -0.1) is 0 Å². The molecule has 1 unspecified atom stereocenters. The second-order valence-electron chi connectivity index (χ2n) is 4.69. The summed E-state index contributed by atoms with van der Waals surface area (Å²) in [6.45, 7) is 5.20. The molecule has 2 aromatic rings. The van der Waals surface area contributed by atoms with E-state index in [0.29, 0.717) is 6.04 Å². The standard InChI is InChI=1S/C16H19BrN2/c1-3-18-16(13-6-4-12(2)5-7-13)10-15-9-8-14(17)11-19-15/h4-9,11,16,18H,3,10H2,1-2H3. The van der Waals surface area contributed by atoms with E-state index in [2.05, 4.69) is 70.4 Å². The second-order valence-corrected chi connectivity index (χ2v) is 5.61. The summed E-state index contributed by atoms with van der Waals surface area (Å²) in [7, 11) is 0. The van der Waals surface area contributed by atoms with Gasteiger partial charge in [0.25, 0.3) is 0 Å². The van der Waals surface area contributed by atoms with E-state index in [4.69, 9.17) is 0 Å². The van der Waals surface area contributed by atoms with Gasteiger partial charge in [-0.25, -0.2) is 0 Å². The molecule has 0 aliphatic heterocycles. The Balaban J connectivity index is 2.15. The first-order valence-electron chi connectivity index (χ1n) is 6.59. The van der Waals surface area contributed by atoms with Crippen LogP contribution in [-0.4, -0.2) is 11.5 Å². The van der Waals surface area contributed by atoms with Crippen molar-refractivity contribution in [2.24, 2.45) is 0 Å². The Hall–Kier alpha value is -1.19. The van der Waals surface area contributed by atoms with Crippen LogP contribution >= 0.6 is 15.9 Å². The fourth-order valence-corrected chi connectivity index (χ4v) is 2.32. The van der Waals surface area contributed by atoms with Crippen LogP contribution in [0.3, 0.4) is 0 Å². The third-order valence-electron chi connectivity index (χ3n) is 3.13. The van der Waals surface area contributed by atoms with Crippen molar-refractivity contribution in [2.45, 2.75) is 26.3 Å². The van der Waals surface area contributed by atoms with E-state index in [9.17, 15) is 0 Å². The van der Waals surface area contributed by atoms with Gasteiger partial charge in [-0.2, -0.15) is 0 Å². The van der Waals surface area contributed by atoms with Crippen molar-refractivity contribution >= 4 is 15.9 Å². The van der Waals surface area contributed by atoms with Crippen LogP contribution in [0.15, 0.2) is 47.1 Å². The molecule has 1 aromatic heterocycles. The smallest absolute Gasteiger partial charge is 0.0423 e. The summed E-state index contributed by atoms with van der Waals surface area (Å²) in [4.78, 5) is 4.46. The first kappa shape index (κ1) is 14.2. The van der Waals surface area contributed by atoms with Gasteiger partial charge < -0.3 is 5.32 Å². The summed E-state index contributed by atoms with van der Waals surface area (Å²) in [5.41, 5.74) is 3.72. The first-order valence-corrected chi connectivity index (χ1v) is 7.38. The number of likely N-dealkylation sites (N-methyl/N-ethyl adjacent to an activating group) is 1. The highest BCUT2D eigenvalue weighted by Crippen LogP contribution is 2.19. The van der Waals surface area contributed by atoms with Gasteiger partial charge in [0, 0.05) is 28.8 Å². The summed E-state index contributed by atoms with van der Waals surface area (Å²) in [5.74, 6) is 0. The Morgan fingerprint density at radius 1 is 1.16 bits per heavy atom.